The Labute approximate surface area is 234 Å². The molecule has 11 nitrogen and oxygen atoms in total. The second-order valence-electron chi connectivity index (χ2n) is 9.30. The number of aromatic nitrogens is 4. The normalized spacial score (nSPS) is 17.1. The van der Waals surface area contributed by atoms with Crippen molar-refractivity contribution in [1.82, 2.24) is 30.4 Å². The number of carbonyl (C=O) groups is 2. The molecule has 3 N–H and O–H groups in total. The molecule has 38 heavy (non-hydrogen) atoms. The first-order valence-corrected chi connectivity index (χ1v) is 12.0. The van der Waals surface area contributed by atoms with Crippen molar-refractivity contribution in [3.05, 3.63) is 65.0 Å². The van der Waals surface area contributed by atoms with Gasteiger partial charge in [0.1, 0.15) is 5.75 Å². The van der Waals surface area contributed by atoms with Gasteiger partial charge < -0.3 is 20.1 Å². The minimum Gasteiger partial charge on any atom is -0.485 e. The predicted octanol–water partition coefficient (Wildman–Crippen LogP) is 1.31. The van der Waals surface area contributed by atoms with Gasteiger partial charge >= 0.3 is 0 Å². The average molecular weight is 560 g/mol. The Morgan fingerprint density at radius 3 is 2.84 bits per heavy atom. The van der Waals surface area contributed by atoms with Crippen LogP contribution in [0.5, 0.6) is 5.75 Å². The molecule has 1 aromatic heterocycles. The Kier molecular flexibility index (Phi) is 10.1. The fourth-order valence-electron chi connectivity index (χ4n) is 4.72. The number of rotatable bonds is 9. The number of aliphatic hydroxyl groups excluding tert-OH is 1. The van der Waals surface area contributed by atoms with E-state index in [1.807, 2.05) is 49.5 Å². The molecule has 2 atom stereocenters. The molecule has 0 saturated carbocycles. The van der Waals surface area contributed by atoms with Crippen LogP contribution in [-0.2, 0) is 29.0 Å². The summed E-state index contributed by atoms with van der Waals surface area (Å²) in [7, 11) is 1.81. The molecule has 2 aromatic carbocycles. The van der Waals surface area contributed by atoms with Gasteiger partial charge in [0.05, 0.1) is 25.0 Å². The maximum absolute atomic E-state index is 13.4. The van der Waals surface area contributed by atoms with E-state index in [1.54, 1.807) is 4.90 Å². The number of ether oxygens (including phenoxy) is 1. The summed E-state index contributed by atoms with van der Waals surface area (Å²) >= 11 is 0. The van der Waals surface area contributed by atoms with E-state index in [0.717, 1.165) is 35.3 Å². The van der Waals surface area contributed by atoms with Gasteiger partial charge in [-0.25, -0.2) is 0 Å². The molecule has 1 saturated heterocycles. The lowest BCUT2D eigenvalue weighted by atomic mass is 10.0. The van der Waals surface area contributed by atoms with Gasteiger partial charge in [-0.1, -0.05) is 29.5 Å². The van der Waals surface area contributed by atoms with Crippen LogP contribution in [0, 0.1) is 0 Å². The monoisotopic (exact) mass is 559 g/mol. The van der Waals surface area contributed by atoms with E-state index in [2.05, 4.69) is 30.8 Å². The number of amides is 2. The second-order valence-corrected chi connectivity index (χ2v) is 9.30. The van der Waals surface area contributed by atoms with Gasteiger partial charge in [-0.2, -0.15) is 32.2 Å². The van der Waals surface area contributed by atoms with Crippen molar-refractivity contribution in [2.45, 2.75) is 38.0 Å². The topological polar surface area (TPSA) is 137 Å². The van der Waals surface area contributed by atoms with Crippen molar-refractivity contribution < 1.29 is 19.4 Å². The Hall–Kier alpha value is -3.13. The summed E-state index contributed by atoms with van der Waals surface area (Å²) < 4.78 is 5.84. The number of hydrogen-bond donors (Lipinski definition) is 3. The van der Waals surface area contributed by atoms with Crippen LogP contribution in [0.2, 0.25) is 0 Å². The lowest BCUT2D eigenvalue weighted by Gasteiger charge is -2.32. The molecule has 3 heterocycles. The van der Waals surface area contributed by atoms with Crippen LogP contribution >= 0.6 is 27.0 Å². The maximum atomic E-state index is 13.4. The maximum Gasteiger partial charge on any atom is 0.228 e. The third-order valence-electron chi connectivity index (χ3n) is 6.69. The SMILES string of the molecule is CN(C(=O)Cc1ccc2c(c1)NC(=O)C2)[C@H](CN1CC[C@H](O)C1)c1cccc(OCc2nn[nH]n2)c1.S.S. The van der Waals surface area contributed by atoms with Crippen LogP contribution in [0.4, 0.5) is 5.69 Å². The minimum absolute atomic E-state index is 0. The van der Waals surface area contributed by atoms with E-state index in [1.165, 1.54) is 0 Å². The Morgan fingerprint density at radius 2 is 2.11 bits per heavy atom. The fourth-order valence-corrected chi connectivity index (χ4v) is 4.72. The molecule has 3 aromatic rings. The van der Waals surface area contributed by atoms with Crippen LogP contribution in [0.25, 0.3) is 0 Å². The number of anilines is 1. The molecule has 0 bridgehead atoms. The molecular formula is C25H33N7O4S2. The number of carbonyl (C=O) groups excluding carboxylic acids is 2. The van der Waals surface area contributed by atoms with Gasteiger partial charge in [0.15, 0.2) is 6.61 Å². The minimum atomic E-state index is -0.349. The third kappa shape index (κ3) is 7.04. The van der Waals surface area contributed by atoms with Crippen LogP contribution in [0.1, 0.15) is 35.0 Å². The molecule has 1 fully saturated rings. The summed E-state index contributed by atoms with van der Waals surface area (Å²) in [6, 6.07) is 13.1. The zero-order chi connectivity index (χ0) is 25.1. The molecule has 2 amide bonds. The van der Waals surface area contributed by atoms with E-state index in [9.17, 15) is 14.7 Å². The number of likely N-dealkylation sites (N-methyl/N-ethyl adjacent to an activating group) is 1. The highest BCUT2D eigenvalue weighted by atomic mass is 32.1. The summed E-state index contributed by atoms with van der Waals surface area (Å²) in [6.45, 7) is 2.12. The molecule has 204 valence electrons. The van der Waals surface area contributed by atoms with E-state index in [4.69, 9.17) is 4.74 Å². The number of aromatic amines is 1. The van der Waals surface area contributed by atoms with E-state index in [-0.39, 0.29) is 64.0 Å². The summed E-state index contributed by atoms with van der Waals surface area (Å²) in [5.74, 6) is 1.02. The van der Waals surface area contributed by atoms with Crippen molar-refractivity contribution in [2.75, 3.05) is 32.0 Å². The Bertz CT molecular complexity index is 1240. The van der Waals surface area contributed by atoms with E-state index in [0.29, 0.717) is 31.1 Å². The molecule has 5 rings (SSSR count). The van der Waals surface area contributed by atoms with Gasteiger partial charge in [-0.05, 0) is 41.3 Å². The highest BCUT2D eigenvalue weighted by Crippen LogP contribution is 2.28. The number of β-amino-alcohol motifs (C(OH)–C–C–N with tert-alkyl or cyclic N) is 1. The smallest absolute Gasteiger partial charge is 0.228 e. The zero-order valence-corrected chi connectivity index (χ0v) is 23.1. The number of aliphatic hydroxyl groups is 1. The molecule has 0 unspecified atom stereocenters. The summed E-state index contributed by atoms with van der Waals surface area (Å²) in [4.78, 5) is 29.0. The van der Waals surface area contributed by atoms with Crippen molar-refractivity contribution in [2.24, 2.45) is 0 Å². The fraction of sp³-hybridized carbons (Fsp3) is 0.400. The number of nitrogens with zero attached hydrogens (tertiary/aromatic N) is 5. The van der Waals surface area contributed by atoms with Crippen LogP contribution < -0.4 is 10.1 Å². The molecule has 0 aliphatic carbocycles. The largest absolute Gasteiger partial charge is 0.485 e. The quantitative estimate of drug-likeness (QED) is 0.357. The number of hydrogen-bond acceptors (Lipinski definition) is 8. The molecule has 0 radical (unpaired) electrons. The molecule has 13 heteroatoms. The number of benzene rings is 2. The number of H-pyrrole nitrogens is 1. The van der Waals surface area contributed by atoms with Gasteiger partial charge in [-0.15, -0.1) is 10.2 Å². The van der Waals surface area contributed by atoms with Crippen molar-refractivity contribution in [3.8, 4) is 5.75 Å². The van der Waals surface area contributed by atoms with Crippen molar-refractivity contribution in [1.29, 1.82) is 0 Å². The predicted molar refractivity (Wildman–Crippen MR) is 151 cm³/mol. The van der Waals surface area contributed by atoms with E-state index < -0.39 is 0 Å². The zero-order valence-electron chi connectivity index (χ0n) is 21.1. The standard InChI is InChI=1S/C25H29N7O4.2H2S/c1-31(25(35)10-16-5-6-17-12-24(34)26-21(17)9-16)22(14-32-8-7-19(33)13-32)18-3-2-4-20(11-18)36-15-23-27-29-30-28-23;;/h2-6,9,11,19,22,33H,7-8,10,12-15H2,1H3,(H,26,34)(H,27,28,29,30);2*1H2/t19-,22+;;/m0../s1. The van der Waals surface area contributed by atoms with Gasteiger partial charge in [0, 0.05) is 32.4 Å². The Balaban J connectivity index is 0.00000200. The molecule has 0 spiro atoms. The number of nitrogens with one attached hydrogen (secondary N) is 2. The number of likely N-dealkylation sites (tertiary alicyclic amines) is 1. The van der Waals surface area contributed by atoms with Crippen LogP contribution in [0.15, 0.2) is 42.5 Å². The summed E-state index contributed by atoms with van der Waals surface area (Å²) in [6.07, 6.45) is 0.961. The highest BCUT2D eigenvalue weighted by molar-refractivity contribution is 7.59. The number of tetrazole rings is 1. The first-order chi connectivity index (χ1) is 17.4. The lowest BCUT2D eigenvalue weighted by Crippen LogP contribution is -2.39. The van der Waals surface area contributed by atoms with Gasteiger partial charge in [0.2, 0.25) is 17.6 Å². The molecule has 2 aliphatic rings. The van der Waals surface area contributed by atoms with Gasteiger partial charge in [-0.3, -0.25) is 14.5 Å². The molecule has 2 aliphatic heterocycles. The first kappa shape index (κ1) is 29.4. The first-order valence-electron chi connectivity index (χ1n) is 12.0. The van der Waals surface area contributed by atoms with Crippen LogP contribution in [-0.4, -0.2) is 80.1 Å². The van der Waals surface area contributed by atoms with Gasteiger partial charge in [0.25, 0.3) is 0 Å². The Morgan fingerprint density at radius 1 is 1.26 bits per heavy atom. The van der Waals surface area contributed by atoms with E-state index >= 15 is 0 Å². The average Bonchev–Trinajstić information content (AvgIpc) is 3.61. The second kappa shape index (κ2) is 13.1. The summed E-state index contributed by atoms with van der Waals surface area (Å²) in [5.41, 5.74) is 3.51. The molecular weight excluding hydrogens is 526 g/mol. The van der Waals surface area contributed by atoms with Crippen LogP contribution in [0.3, 0.4) is 0 Å². The summed E-state index contributed by atoms with van der Waals surface area (Å²) in [5, 5.41) is 26.6. The number of fused-ring (bicyclic) bond motifs is 1. The lowest BCUT2D eigenvalue weighted by molar-refractivity contribution is -0.131. The van der Waals surface area contributed by atoms with Crippen molar-refractivity contribution in [3.63, 3.8) is 0 Å². The van der Waals surface area contributed by atoms with Crippen molar-refractivity contribution >= 4 is 44.5 Å². The highest BCUT2D eigenvalue weighted by Gasteiger charge is 2.29. The third-order valence-corrected chi connectivity index (χ3v) is 6.69.